The summed E-state index contributed by atoms with van der Waals surface area (Å²) in [6.45, 7) is 2.47. The molecule has 2 aromatic rings. The van der Waals surface area contributed by atoms with Gasteiger partial charge in [-0.05, 0) is 30.7 Å². The van der Waals surface area contributed by atoms with E-state index in [4.69, 9.17) is 21.1 Å². The average Bonchev–Trinajstić information content (AvgIpc) is 2.70. The van der Waals surface area contributed by atoms with Gasteiger partial charge in [0.15, 0.2) is 11.5 Å². The smallest absolute Gasteiger partial charge is 0.258 e. The highest BCUT2D eigenvalue weighted by Gasteiger charge is 2.22. The number of benzene rings is 2. The van der Waals surface area contributed by atoms with E-state index >= 15 is 0 Å². The summed E-state index contributed by atoms with van der Waals surface area (Å²) in [7, 11) is 4.63. The molecule has 2 aromatic carbocycles. The number of amides is 2. The van der Waals surface area contributed by atoms with Crippen LogP contribution in [0.15, 0.2) is 36.4 Å². The molecule has 6 nitrogen and oxygen atoms in total. The van der Waals surface area contributed by atoms with Crippen molar-refractivity contribution in [3.63, 3.8) is 0 Å². The summed E-state index contributed by atoms with van der Waals surface area (Å²) < 4.78 is 11.0. The maximum absolute atomic E-state index is 13.0. The fraction of sp³-hybridized carbons (Fsp3) is 0.300. The standard InChI is InChI=1S/C20H23ClN2O4/c1-5-10-27-18-15(21)11-13(12-17(18)26-4)20(25)23(3)16-9-7-6-8-14(16)19(24)22-2/h6-9,11-12H,5,10H2,1-4H3,(H,22,24). The number of anilines is 1. The first-order chi connectivity index (χ1) is 12.9. The van der Waals surface area contributed by atoms with E-state index in [1.54, 1.807) is 44.4 Å². The molecule has 2 amide bonds. The zero-order valence-electron chi connectivity index (χ0n) is 15.8. The summed E-state index contributed by atoms with van der Waals surface area (Å²) in [5, 5.41) is 2.87. The average molecular weight is 391 g/mol. The van der Waals surface area contributed by atoms with E-state index in [-0.39, 0.29) is 11.8 Å². The molecule has 0 atom stereocenters. The molecule has 0 heterocycles. The minimum absolute atomic E-state index is 0.274. The number of ether oxygens (including phenoxy) is 2. The SMILES string of the molecule is CCCOc1c(Cl)cc(C(=O)N(C)c2ccccc2C(=O)NC)cc1OC. The predicted molar refractivity (Wildman–Crippen MR) is 106 cm³/mol. The van der Waals surface area contributed by atoms with E-state index in [0.717, 1.165) is 6.42 Å². The van der Waals surface area contributed by atoms with E-state index in [9.17, 15) is 9.59 Å². The molecule has 2 rings (SSSR count). The Bertz CT molecular complexity index is 839. The quantitative estimate of drug-likeness (QED) is 0.781. The molecule has 0 unspecified atom stereocenters. The van der Waals surface area contributed by atoms with Crippen LogP contribution in [0.2, 0.25) is 5.02 Å². The molecule has 0 spiro atoms. The number of halogens is 1. The lowest BCUT2D eigenvalue weighted by Gasteiger charge is -2.21. The molecule has 1 N–H and O–H groups in total. The van der Waals surface area contributed by atoms with E-state index in [0.29, 0.717) is 39.9 Å². The number of para-hydroxylation sites is 1. The Balaban J connectivity index is 2.41. The molecule has 0 saturated heterocycles. The summed E-state index contributed by atoms with van der Waals surface area (Å²) in [6, 6.07) is 9.99. The third kappa shape index (κ3) is 4.52. The molecule has 0 aliphatic rings. The van der Waals surface area contributed by atoms with Crippen molar-refractivity contribution in [3.05, 3.63) is 52.5 Å². The Labute approximate surface area is 164 Å². The van der Waals surface area contributed by atoms with Crippen LogP contribution in [0.1, 0.15) is 34.1 Å². The molecule has 0 fully saturated rings. The predicted octanol–water partition coefficient (Wildman–Crippen LogP) is 3.77. The van der Waals surface area contributed by atoms with Crippen LogP contribution >= 0.6 is 11.6 Å². The largest absolute Gasteiger partial charge is 0.493 e. The Kier molecular flexibility index (Phi) is 7.07. The van der Waals surface area contributed by atoms with E-state index < -0.39 is 0 Å². The first-order valence-corrected chi connectivity index (χ1v) is 8.91. The first-order valence-electron chi connectivity index (χ1n) is 8.54. The molecular formula is C20H23ClN2O4. The number of hydrogen-bond donors (Lipinski definition) is 1. The van der Waals surface area contributed by atoms with E-state index in [1.165, 1.54) is 18.1 Å². The Hall–Kier alpha value is -2.73. The fourth-order valence-electron chi connectivity index (χ4n) is 2.58. The summed E-state index contributed by atoms with van der Waals surface area (Å²) in [5.41, 5.74) is 1.22. The molecule has 0 aromatic heterocycles. The van der Waals surface area contributed by atoms with Gasteiger partial charge in [0.1, 0.15) is 0 Å². The van der Waals surface area contributed by atoms with Crippen molar-refractivity contribution in [3.8, 4) is 11.5 Å². The fourth-order valence-corrected chi connectivity index (χ4v) is 2.85. The number of nitrogens with zero attached hydrogens (tertiary/aromatic N) is 1. The molecule has 144 valence electrons. The number of carbonyl (C=O) groups excluding carboxylic acids is 2. The van der Waals surface area contributed by atoms with Gasteiger partial charge in [0.2, 0.25) is 0 Å². The number of rotatable bonds is 7. The zero-order chi connectivity index (χ0) is 20.0. The van der Waals surface area contributed by atoms with Crippen molar-refractivity contribution >= 4 is 29.1 Å². The van der Waals surface area contributed by atoms with Crippen LogP contribution in [0.25, 0.3) is 0 Å². The van der Waals surface area contributed by atoms with Gasteiger partial charge in [0.05, 0.1) is 30.0 Å². The Morgan fingerprint density at radius 1 is 1.22 bits per heavy atom. The Morgan fingerprint density at radius 3 is 2.56 bits per heavy atom. The van der Waals surface area contributed by atoms with Crippen LogP contribution in [-0.4, -0.2) is 39.6 Å². The first kappa shape index (κ1) is 20.6. The lowest BCUT2D eigenvalue weighted by Crippen LogP contribution is -2.29. The lowest BCUT2D eigenvalue weighted by atomic mass is 10.1. The monoisotopic (exact) mass is 390 g/mol. The summed E-state index contributed by atoms with van der Waals surface area (Å²) in [6.07, 6.45) is 0.819. The second kappa shape index (κ2) is 9.28. The highest BCUT2D eigenvalue weighted by molar-refractivity contribution is 6.33. The molecular weight excluding hydrogens is 368 g/mol. The lowest BCUT2D eigenvalue weighted by molar-refractivity contribution is 0.0963. The van der Waals surface area contributed by atoms with E-state index in [1.807, 2.05) is 6.92 Å². The number of methoxy groups -OCH3 is 1. The molecule has 0 bridgehead atoms. The van der Waals surface area contributed by atoms with Gasteiger partial charge in [0.25, 0.3) is 11.8 Å². The van der Waals surface area contributed by atoms with Gasteiger partial charge in [-0.1, -0.05) is 30.7 Å². The maximum atomic E-state index is 13.0. The minimum Gasteiger partial charge on any atom is -0.493 e. The van der Waals surface area contributed by atoms with Gasteiger partial charge in [-0.3, -0.25) is 9.59 Å². The number of hydrogen-bond acceptors (Lipinski definition) is 4. The minimum atomic E-state index is -0.325. The second-order valence-corrected chi connectivity index (χ2v) is 6.21. The normalized spacial score (nSPS) is 10.3. The summed E-state index contributed by atoms with van der Waals surface area (Å²) in [5.74, 6) is 0.191. The van der Waals surface area contributed by atoms with Crippen LogP contribution in [0.4, 0.5) is 5.69 Å². The molecule has 7 heteroatoms. The third-order valence-electron chi connectivity index (χ3n) is 3.97. The van der Waals surface area contributed by atoms with Gasteiger partial charge in [-0.15, -0.1) is 0 Å². The molecule has 27 heavy (non-hydrogen) atoms. The van der Waals surface area contributed by atoms with Gasteiger partial charge in [-0.25, -0.2) is 0 Å². The number of nitrogens with one attached hydrogen (secondary N) is 1. The van der Waals surface area contributed by atoms with Crippen molar-refractivity contribution in [2.75, 3.05) is 32.7 Å². The molecule has 0 aliphatic carbocycles. The van der Waals surface area contributed by atoms with Crippen LogP contribution in [0.3, 0.4) is 0 Å². The van der Waals surface area contributed by atoms with Crippen LogP contribution in [-0.2, 0) is 0 Å². The Morgan fingerprint density at radius 2 is 1.93 bits per heavy atom. The third-order valence-corrected chi connectivity index (χ3v) is 4.25. The summed E-state index contributed by atoms with van der Waals surface area (Å²) >= 11 is 6.31. The van der Waals surface area contributed by atoms with Crippen molar-refractivity contribution in [1.29, 1.82) is 0 Å². The van der Waals surface area contributed by atoms with Gasteiger partial charge in [0, 0.05) is 19.7 Å². The van der Waals surface area contributed by atoms with Crippen LogP contribution in [0, 0.1) is 0 Å². The molecule has 0 saturated carbocycles. The van der Waals surface area contributed by atoms with Gasteiger partial charge < -0.3 is 19.7 Å². The highest BCUT2D eigenvalue weighted by Crippen LogP contribution is 2.37. The summed E-state index contributed by atoms with van der Waals surface area (Å²) in [4.78, 5) is 26.5. The molecule has 0 aliphatic heterocycles. The van der Waals surface area contributed by atoms with Crippen molar-refractivity contribution in [2.24, 2.45) is 0 Å². The van der Waals surface area contributed by atoms with Crippen molar-refractivity contribution < 1.29 is 19.1 Å². The van der Waals surface area contributed by atoms with Crippen LogP contribution in [0.5, 0.6) is 11.5 Å². The van der Waals surface area contributed by atoms with Gasteiger partial charge in [-0.2, -0.15) is 0 Å². The second-order valence-electron chi connectivity index (χ2n) is 5.80. The number of carbonyl (C=O) groups is 2. The van der Waals surface area contributed by atoms with Gasteiger partial charge >= 0.3 is 0 Å². The van der Waals surface area contributed by atoms with Crippen molar-refractivity contribution in [2.45, 2.75) is 13.3 Å². The van der Waals surface area contributed by atoms with Crippen LogP contribution < -0.4 is 19.7 Å². The van der Waals surface area contributed by atoms with E-state index in [2.05, 4.69) is 5.32 Å². The van der Waals surface area contributed by atoms with Crippen molar-refractivity contribution in [1.82, 2.24) is 5.32 Å². The highest BCUT2D eigenvalue weighted by atomic mass is 35.5. The zero-order valence-corrected chi connectivity index (χ0v) is 16.6. The molecule has 0 radical (unpaired) electrons. The topological polar surface area (TPSA) is 67.9 Å². The maximum Gasteiger partial charge on any atom is 0.258 e.